The van der Waals surface area contributed by atoms with Crippen LogP contribution in [0.5, 0.6) is 11.5 Å². The van der Waals surface area contributed by atoms with Crippen molar-refractivity contribution < 1.29 is 14.3 Å². The van der Waals surface area contributed by atoms with E-state index in [1.807, 2.05) is 30.3 Å². The molecular formula is C25H20N6O4S. The summed E-state index contributed by atoms with van der Waals surface area (Å²) in [6, 6.07) is 16.7. The van der Waals surface area contributed by atoms with Crippen LogP contribution in [0, 0.1) is 0 Å². The molecule has 3 aromatic heterocycles. The molecular weight excluding hydrogens is 480 g/mol. The first-order valence-electron chi connectivity index (χ1n) is 11.3. The van der Waals surface area contributed by atoms with Gasteiger partial charge in [-0.1, -0.05) is 42.1 Å². The van der Waals surface area contributed by atoms with Gasteiger partial charge < -0.3 is 9.47 Å². The zero-order valence-electron chi connectivity index (χ0n) is 19.0. The summed E-state index contributed by atoms with van der Waals surface area (Å²) < 4.78 is 13.9. The summed E-state index contributed by atoms with van der Waals surface area (Å²) in [5.41, 5.74) is 4.24. The summed E-state index contributed by atoms with van der Waals surface area (Å²) in [5.74, 6) is 1.75. The number of nitrogens with zero attached hydrogens (tertiary/aromatic N) is 5. The Labute approximate surface area is 208 Å². The molecule has 11 heteroatoms. The van der Waals surface area contributed by atoms with Crippen LogP contribution in [0.4, 0.5) is 0 Å². The van der Waals surface area contributed by atoms with Crippen LogP contribution in [0.15, 0.2) is 76.9 Å². The molecule has 5 aromatic rings. The van der Waals surface area contributed by atoms with Crippen LogP contribution in [-0.4, -0.2) is 43.4 Å². The van der Waals surface area contributed by atoms with Gasteiger partial charge in [0.25, 0.3) is 17.2 Å². The molecule has 2 aromatic carbocycles. The van der Waals surface area contributed by atoms with E-state index in [2.05, 4.69) is 20.5 Å². The third-order valence-electron chi connectivity index (χ3n) is 5.66. The Kier molecular flexibility index (Phi) is 5.74. The van der Waals surface area contributed by atoms with E-state index in [0.29, 0.717) is 57.9 Å². The molecule has 0 bridgehead atoms. The number of ether oxygens (including phenoxy) is 2. The van der Waals surface area contributed by atoms with Crippen LogP contribution in [0.2, 0.25) is 0 Å². The van der Waals surface area contributed by atoms with Gasteiger partial charge in [-0.25, -0.2) is 9.66 Å². The van der Waals surface area contributed by atoms with Crippen molar-refractivity contribution in [3.8, 4) is 11.5 Å². The van der Waals surface area contributed by atoms with Crippen LogP contribution in [0.3, 0.4) is 0 Å². The number of hydrogen-bond donors (Lipinski definition) is 1. The zero-order chi connectivity index (χ0) is 24.5. The molecule has 1 amide bonds. The molecule has 6 rings (SSSR count). The summed E-state index contributed by atoms with van der Waals surface area (Å²) in [4.78, 5) is 34.8. The van der Waals surface area contributed by atoms with Crippen molar-refractivity contribution in [1.29, 1.82) is 0 Å². The molecule has 0 radical (unpaired) electrons. The fraction of sp³-hybridized carbons (Fsp3) is 0.160. The van der Waals surface area contributed by atoms with Gasteiger partial charge >= 0.3 is 0 Å². The first-order valence-corrected chi connectivity index (χ1v) is 12.3. The Bertz CT molecular complexity index is 1650. The van der Waals surface area contributed by atoms with Gasteiger partial charge in [-0.3, -0.25) is 15.0 Å². The SMILES string of the molecule is O=C(Nn1ccc2c(cnc3nc(SCc4ccccc4)nn32)c1=O)c1ccc2c(c1)OCCCO2. The Morgan fingerprint density at radius 3 is 2.75 bits per heavy atom. The highest BCUT2D eigenvalue weighted by atomic mass is 32.2. The second-order valence-corrected chi connectivity index (χ2v) is 9.02. The summed E-state index contributed by atoms with van der Waals surface area (Å²) in [6.07, 6.45) is 3.70. The minimum Gasteiger partial charge on any atom is -0.490 e. The van der Waals surface area contributed by atoms with Crippen molar-refractivity contribution in [3.05, 3.63) is 88.5 Å². The zero-order valence-corrected chi connectivity index (χ0v) is 19.8. The fourth-order valence-electron chi connectivity index (χ4n) is 3.85. The Morgan fingerprint density at radius 2 is 1.89 bits per heavy atom. The topological polar surface area (TPSA) is 113 Å². The molecule has 0 unspecified atom stereocenters. The highest BCUT2D eigenvalue weighted by molar-refractivity contribution is 7.98. The number of nitrogens with one attached hydrogen (secondary N) is 1. The highest BCUT2D eigenvalue weighted by Gasteiger charge is 2.16. The van der Waals surface area contributed by atoms with Crippen molar-refractivity contribution >= 4 is 34.3 Å². The second-order valence-electron chi connectivity index (χ2n) is 8.08. The lowest BCUT2D eigenvalue weighted by atomic mass is 10.2. The maximum absolute atomic E-state index is 13.1. The van der Waals surface area contributed by atoms with E-state index in [4.69, 9.17) is 9.47 Å². The molecule has 36 heavy (non-hydrogen) atoms. The number of thioether (sulfide) groups is 1. The molecule has 1 aliphatic heterocycles. The van der Waals surface area contributed by atoms with E-state index in [1.54, 1.807) is 28.8 Å². The Hall–Kier alpha value is -4.38. The number of benzene rings is 2. The maximum atomic E-state index is 13.1. The Morgan fingerprint density at radius 1 is 1.06 bits per heavy atom. The van der Waals surface area contributed by atoms with Gasteiger partial charge in [0.15, 0.2) is 11.5 Å². The van der Waals surface area contributed by atoms with Gasteiger partial charge in [-0.15, -0.1) is 5.10 Å². The number of aromatic nitrogens is 5. The van der Waals surface area contributed by atoms with Gasteiger partial charge in [0.2, 0.25) is 5.16 Å². The lowest BCUT2D eigenvalue weighted by Crippen LogP contribution is -2.33. The smallest absolute Gasteiger partial charge is 0.280 e. The van der Waals surface area contributed by atoms with Gasteiger partial charge in [0.1, 0.15) is 0 Å². The predicted octanol–water partition coefficient (Wildman–Crippen LogP) is 3.28. The van der Waals surface area contributed by atoms with Gasteiger partial charge in [0.05, 0.1) is 24.1 Å². The van der Waals surface area contributed by atoms with Gasteiger partial charge in [0, 0.05) is 30.1 Å². The van der Waals surface area contributed by atoms with Crippen LogP contribution >= 0.6 is 11.8 Å². The van der Waals surface area contributed by atoms with E-state index in [9.17, 15) is 9.59 Å². The number of pyridine rings is 1. The number of hydrogen-bond acceptors (Lipinski definition) is 8. The van der Waals surface area contributed by atoms with Crippen LogP contribution in [-0.2, 0) is 5.75 Å². The highest BCUT2D eigenvalue weighted by Crippen LogP contribution is 2.30. The fourth-order valence-corrected chi connectivity index (χ4v) is 4.62. The molecule has 1 N–H and O–H groups in total. The molecule has 0 saturated heterocycles. The van der Waals surface area contributed by atoms with E-state index < -0.39 is 11.5 Å². The normalized spacial score (nSPS) is 13.0. The summed E-state index contributed by atoms with van der Waals surface area (Å²) >= 11 is 1.49. The minimum absolute atomic E-state index is 0.300. The quantitative estimate of drug-likeness (QED) is 0.366. The maximum Gasteiger partial charge on any atom is 0.280 e. The molecule has 0 aliphatic carbocycles. The number of carbonyl (C=O) groups excluding carboxylic acids is 1. The molecule has 0 fully saturated rings. The van der Waals surface area contributed by atoms with Crippen molar-refractivity contribution in [1.82, 2.24) is 24.3 Å². The molecule has 0 saturated carbocycles. The molecule has 10 nitrogen and oxygen atoms in total. The predicted molar refractivity (Wildman–Crippen MR) is 134 cm³/mol. The standard InChI is InChI=1S/C25H20N6O4S/c32-22(17-7-8-20-21(13-17)35-12-4-11-34-20)28-30-10-9-19-18(23(30)33)14-26-24-27-25(29-31(19)24)36-15-16-5-2-1-3-6-16/h1-3,5-10,13-14H,4,11-12,15H2,(H,28,32). The number of fused-ring (bicyclic) bond motifs is 4. The molecule has 1 aliphatic rings. The van der Waals surface area contributed by atoms with Crippen molar-refractivity contribution in [2.75, 3.05) is 18.6 Å². The van der Waals surface area contributed by atoms with Crippen LogP contribution in [0.25, 0.3) is 16.7 Å². The molecule has 4 heterocycles. The van der Waals surface area contributed by atoms with Crippen molar-refractivity contribution in [2.24, 2.45) is 0 Å². The van der Waals surface area contributed by atoms with E-state index in [0.717, 1.165) is 16.7 Å². The number of carbonyl (C=O) groups is 1. The first-order chi connectivity index (χ1) is 17.7. The van der Waals surface area contributed by atoms with Crippen molar-refractivity contribution in [3.63, 3.8) is 0 Å². The minimum atomic E-state index is -0.457. The summed E-state index contributed by atoms with van der Waals surface area (Å²) in [6.45, 7) is 1.07. The van der Waals surface area contributed by atoms with Gasteiger partial charge in [-0.2, -0.15) is 9.50 Å². The molecule has 180 valence electrons. The Balaban J connectivity index is 1.26. The third-order valence-corrected chi connectivity index (χ3v) is 6.57. The van der Waals surface area contributed by atoms with E-state index >= 15 is 0 Å². The second kappa shape index (κ2) is 9.34. The third kappa shape index (κ3) is 4.24. The van der Waals surface area contributed by atoms with Crippen LogP contribution in [0.1, 0.15) is 22.3 Å². The molecule has 0 atom stereocenters. The van der Waals surface area contributed by atoms with E-state index in [-0.39, 0.29) is 0 Å². The average molecular weight is 501 g/mol. The lowest BCUT2D eigenvalue weighted by molar-refractivity contribution is 0.101. The first kappa shape index (κ1) is 22.1. The monoisotopic (exact) mass is 500 g/mol. The van der Waals surface area contributed by atoms with Gasteiger partial charge in [-0.05, 0) is 29.8 Å². The summed E-state index contributed by atoms with van der Waals surface area (Å²) in [5, 5.41) is 5.39. The van der Waals surface area contributed by atoms with Crippen molar-refractivity contribution in [2.45, 2.75) is 17.3 Å². The molecule has 0 spiro atoms. The average Bonchev–Trinajstić information content (AvgIpc) is 3.19. The summed E-state index contributed by atoms with van der Waals surface area (Å²) in [7, 11) is 0. The van der Waals surface area contributed by atoms with Crippen LogP contribution < -0.4 is 20.5 Å². The largest absolute Gasteiger partial charge is 0.490 e. The van der Waals surface area contributed by atoms with E-state index in [1.165, 1.54) is 24.2 Å². The number of rotatable bonds is 5. The lowest BCUT2D eigenvalue weighted by Gasteiger charge is -2.11. The number of amides is 1.